The van der Waals surface area contributed by atoms with E-state index in [1.165, 1.54) is 40.3 Å². The van der Waals surface area contributed by atoms with E-state index in [1.807, 2.05) is 17.5 Å². The number of imide groups is 1. The van der Waals surface area contributed by atoms with Crippen LogP contribution in [0.15, 0.2) is 41.8 Å². The number of aromatic nitrogens is 2. The van der Waals surface area contributed by atoms with Crippen LogP contribution in [0.4, 0.5) is 9.18 Å². The van der Waals surface area contributed by atoms with Gasteiger partial charge in [0.05, 0.1) is 17.9 Å². The zero-order valence-corrected chi connectivity index (χ0v) is 17.2. The van der Waals surface area contributed by atoms with Crippen molar-refractivity contribution in [2.24, 2.45) is 0 Å². The highest BCUT2D eigenvalue weighted by molar-refractivity contribution is 7.09. The number of rotatable bonds is 6. The second-order valence-corrected chi connectivity index (χ2v) is 7.42. The topological polar surface area (TPSA) is 102 Å². The molecule has 0 spiro atoms. The molecule has 0 radical (unpaired) electrons. The van der Waals surface area contributed by atoms with E-state index >= 15 is 0 Å². The van der Waals surface area contributed by atoms with E-state index in [9.17, 15) is 18.8 Å². The number of hydrogen-bond donors (Lipinski definition) is 2. The predicted octanol–water partition coefficient (Wildman–Crippen LogP) is 3.22. The number of carbonyl (C=O) groups is 3. The first-order valence-electron chi connectivity index (χ1n) is 8.63. The summed E-state index contributed by atoms with van der Waals surface area (Å²) < 4.78 is 19.3. The summed E-state index contributed by atoms with van der Waals surface area (Å²) in [6.07, 6.45) is 0. The minimum atomic E-state index is -0.875. The Morgan fingerprint density at radius 1 is 1.23 bits per heavy atom. The van der Waals surface area contributed by atoms with Gasteiger partial charge in [0.1, 0.15) is 16.5 Å². The predicted molar refractivity (Wildman–Crippen MR) is 108 cm³/mol. The lowest BCUT2D eigenvalue weighted by atomic mass is 10.2. The minimum Gasteiger partial charge on any atom is -0.452 e. The van der Waals surface area contributed by atoms with E-state index in [1.54, 1.807) is 6.92 Å². The fourth-order valence-electron chi connectivity index (χ4n) is 2.48. The number of halogens is 2. The monoisotopic (exact) mass is 450 g/mol. The number of nitrogens with zero attached hydrogens (tertiary/aromatic N) is 2. The van der Waals surface area contributed by atoms with Crippen molar-refractivity contribution in [3.63, 3.8) is 0 Å². The average Bonchev–Trinajstić information content (AvgIpc) is 3.33. The van der Waals surface area contributed by atoms with E-state index in [0.717, 1.165) is 4.88 Å². The molecule has 8 nitrogen and oxygen atoms in total. The van der Waals surface area contributed by atoms with Gasteiger partial charge in [-0.15, -0.1) is 11.3 Å². The van der Waals surface area contributed by atoms with Crippen LogP contribution < -0.4 is 10.6 Å². The summed E-state index contributed by atoms with van der Waals surface area (Å²) in [5.74, 6) is -2.10. The Labute approximate surface area is 179 Å². The molecule has 3 rings (SSSR count). The van der Waals surface area contributed by atoms with Crippen molar-refractivity contribution in [2.75, 3.05) is 6.61 Å². The molecular formula is C19H16ClFN4O4S. The van der Waals surface area contributed by atoms with E-state index in [0.29, 0.717) is 5.69 Å². The van der Waals surface area contributed by atoms with Crippen LogP contribution in [0.2, 0.25) is 5.15 Å². The van der Waals surface area contributed by atoms with Crippen LogP contribution in [0.1, 0.15) is 20.9 Å². The molecule has 0 fully saturated rings. The minimum absolute atomic E-state index is 0.0315. The van der Waals surface area contributed by atoms with Crippen LogP contribution >= 0.6 is 22.9 Å². The number of hydrogen-bond acceptors (Lipinski definition) is 6. The second kappa shape index (κ2) is 9.51. The SMILES string of the molecule is Cc1nn(-c2ccc(F)cc2)c(Cl)c1C(=O)OCC(=O)NC(=O)NCc1cccs1. The number of amides is 3. The molecule has 0 saturated heterocycles. The Morgan fingerprint density at radius 2 is 1.97 bits per heavy atom. The van der Waals surface area contributed by atoms with Gasteiger partial charge < -0.3 is 10.1 Å². The number of thiophene rings is 1. The molecule has 0 aliphatic carbocycles. The zero-order valence-electron chi connectivity index (χ0n) is 15.6. The molecule has 2 heterocycles. The van der Waals surface area contributed by atoms with Gasteiger partial charge in [0.2, 0.25) is 0 Å². The van der Waals surface area contributed by atoms with Gasteiger partial charge in [-0.1, -0.05) is 17.7 Å². The Morgan fingerprint density at radius 3 is 2.63 bits per heavy atom. The normalized spacial score (nSPS) is 10.5. The maximum Gasteiger partial charge on any atom is 0.343 e. The van der Waals surface area contributed by atoms with Crippen molar-refractivity contribution in [2.45, 2.75) is 13.5 Å². The second-order valence-electron chi connectivity index (χ2n) is 6.03. The molecule has 1 aromatic carbocycles. The lowest BCUT2D eigenvalue weighted by Gasteiger charge is -2.07. The maximum absolute atomic E-state index is 13.1. The molecule has 2 N–H and O–H groups in total. The summed E-state index contributed by atoms with van der Waals surface area (Å²) in [5.41, 5.74) is 0.683. The third-order valence-corrected chi connectivity index (χ3v) is 5.10. The molecule has 30 heavy (non-hydrogen) atoms. The van der Waals surface area contributed by atoms with Gasteiger partial charge in [0.15, 0.2) is 6.61 Å². The molecule has 0 aliphatic rings. The fraction of sp³-hybridized carbons (Fsp3) is 0.158. The number of esters is 1. The summed E-state index contributed by atoms with van der Waals surface area (Å²) >= 11 is 7.69. The Bertz CT molecular complexity index is 1070. The third-order valence-electron chi connectivity index (χ3n) is 3.87. The standard InChI is InChI=1S/C19H16ClFN4O4S/c1-11-16(17(20)25(24-11)13-6-4-12(21)5-7-13)18(27)29-10-15(26)23-19(28)22-9-14-3-2-8-30-14/h2-8H,9-10H2,1H3,(H2,22,23,26,28). The van der Waals surface area contributed by atoms with Gasteiger partial charge in [0.25, 0.3) is 5.91 Å². The van der Waals surface area contributed by atoms with Gasteiger partial charge in [-0.05, 0) is 42.6 Å². The molecule has 2 aromatic heterocycles. The van der Waals surface area contributed by atoms with Crippen LogP contribution in [-0.4, -0.2) is 34.3 Å². The van der Waals surface area contributed by atoms with Crippen LogP contribution in [-0.2, 0) is 16.1 Å². The number of ether oxygens (including phenoxy) is 1. The van der Waals surface area contributed by atoms with Crippen molar-refractivity contribution in [1.82, 2.24) is 20.4 Å². The van der Waals surface area contributed by atoms with Crippen LogP contribution in [0.3, 0.4) is 0 Å². The molecule has 156 valence electrons. The summed E-state index contributed by atoms with van der Waals surface area (Å²) in [6.45, 7) is 1.14. The van der Waals surface area contributed by atoms with Crippen LogP contribution in [0, 0.1) is 12.7 Å². The van der Waals surface area contributed by atoms with Crippen molar-refractivity contribution in [3.8, 4) is 5.69 Å². The molecule has 0 atom stereocenters. The first kappa shape index (κ1) is 21.5. The lowest BCUT2D eigenvalue weighted by molar-refractivity contribution is -0.123. The Hall–Kier alpha value is -3.24. The fourth-order valence-corrected chi connectivity index (χ4v) is 3.47. The first-order valence-corrected chi connectivity index (χ1v) is 9.89. The number of carbonyl (C=O) groups excluding carboxylic acids is 3. The van der Waals surface area contributed by atoms with Crippen molar-refractivity contribution in [1.29, 1.82) is 0 Å². The van der Waals surface area contributed by atoms with E-state index in [-0.39, 0.29) is 23.0 Å². The Balaban J connectivity index is 1.56. The third kappa shape index (κ3) is 5.22. The van der Waals surface area contributed by atoms with E-state index < -0.39 is 30.3 Å². The van der Waals surface area contributed by atoms with Crippen LogP contribution in [0.25, 0.3) is 5.69 Å². The summed E-state index contributed by atoms with van der Waals surface area (Å²) in [6, 6.07) is 8.34. The molecular weight excluding hydrogens is 435 g/mol. The highest BCUT2D eigenvalue weighted by Crippen LogP contribution is 2.24. The van der Waals surface area contributed by atoms with Crippen molar-refractivity contribution < 1.29 is 23.5 Å². The van der Waals surface area contributed by atoms with Crippen molar-refractivity contribution in [3.05, 3.63) is 68.9 Å². The summed E-state index contributed by atoms with van der Waals surface area (Å²) in [7, 11) is 0. The van der Waals surface area contributed by atoms with Crippen LogP contribution in [0.5, 0.6) is 0 Å². The molecule has 3 aromatic rings. The molecule has 11 heteroatoms. The highest BCUT2D eigenvalue weighted by Gasteiger charge is 2.23. The van der Waals surface area contributed by atoms with Gasteiger partial charge in [-0.25, -0.2) is 18.7 Å². The lowest BCUT2D eigenvalue weighted by Crippen LogP contribution is -2.41. The smallest absolute Gasteiger partial charge is 0.343 e. The van der Waals surface area contributed by atoms with Crippen molar-refractivity contribution >= 4 is 40.8 Å². The Kier molecular flexibility index (Phi) is 6.80. The molecule has 0 aliphatic heterocycles. The van der Waals surface area contributed by atoms with Gasteiger partial charge in [0, 0.05) is 4.88 Å². The molecule has 0 unspecified atom stereocenters. The van der Waals surface area contributed by atoms with E-state index in [2.05, 4.69) is 15.7 Å². The van der Waals surface area contributed by atoms with Gasteiger partial charge >= 0.3 is 12.0 Å². The first-order chi connectivity index (χ1) is 14.3. The largest absolute Gasteiger partial charge is 0.452 e. The van der Waals surface area contributed by atoms with Gasteiger partial charge in [-0.3, -0.25) is 10.1 Å². The number of urea groups is 1. The zero-order chi connectivity index (χ0) is 21.7. The average molecular weight is 451 g/mol. The maximum atomic E-state index is 13.1. The number of benzene rings is 1. The molecule has 3 amide bonds. The quantitative estimate of drug-likeness (QED) is 0.561. The summed E-state index contributed by atoms with van der Waals surface area (Å²) in [4.78, 5) is 36.8. The van der Waals surface area contributed by atoms with E-state index in [4.69, 9.17) is 16.3 Å². The number of aryl methyl sites for hydroxylation is 1. The summed E-state index contributed by atoms with van der Waals surface area (Å²) in [5, 5.41) is 10.6. The van der Waals surface area contributed by atoms with Gasteiger partial charge in [-0.2, -0.15) is 5.10 Å². The molecule has 0 saturated carbocycles. The molecule has 0 bridgehead atoms. The number of nitrogens with one attached hydrogen (secondary N) is 2. The highest BCUT2D eigenvalue weighted by atomic mass is 35.5.